The highest BCUT2D eigenvalue weighted by molar-refractivity contribution is 5.83. The van der Waals surface area contributed by atoms with Crippen LogP contribution in [0.3, 0.4) is 0 Å². The molecule has 1 aromatic heterocycles. The summed E-state index contributed by atoms with van der Waals surface area (Å²) in [5, 5.41) is 0. The molecule has 0 N–H and O–H groups in total. The maximum absolute atomic E-state index is 14.2. The Kier molecular flexibility index (Phi) is 5.71. The van der Waals surface area contributed by atoms with Gasteiger partial charge in [-0.1, -0.05) is 18.2 Å². The second-order valence-electron chi connectivity index (χ2n) is 7.28. The second-order valence-corrected chi connectivity index (χ2v) is 7.28. The van der Waals surface area contributed by atoms with Crippen molar-refractivity contribution in [1.29, 1.82) is 0 Å². The highest BCUT2D eigenvalue weighted by Crippen LogP contribution is 2.27. The van der Waals surface area contributed by atoms with Gasteiger partial charge >= 0.3 is 0 Å². The van der Waals surface area contributed by atoms with Gasteiger partial charge in [0.05, 0.1) is 0 Å². The van der Waals surface area contributed by atoms with Gasteiger partial charge in [0.25, 0.3) is 0 Å². The minimum atomic E-state index is -0.580. The van der Waals surface area contributed by atoms with Crippen molar-refractivity contribution in [3.8, 4) is 0 Å². The van der Waals surface area contributed by atoms with E-state index in [1.54, 1.807) is 23.1 Å². The topological polar surface area (TPSA) is 41.4 Å². The Morgan fingerprint density at radius 2 is 2.00 bits per heavy atom. The lowest BCUT2D eigenvalue weighted by molar-refractivity contribution is -0.138. The van der Waals surface area contributed by atoms with E-state index in [9.17, 15) is 9.18 Å². The molecule has 0 unspecified atom stereocenters. The number of carbonyl (C=O) groups is 1. The Bertz CT molecular complexity index is 750. The molecule has 0 saturated carbocycles. The first kappa shape index (κ1) is 18.6. The third-order valence-electron chi connectivity index (χ3n) is 5.25. The average molecular weight is 358 g/mol. The van der Waals surface area contributed by atoms with E-state index in [2.05, 4.69) is 9.55 Å². The summed E-state index contributed by atoms with van der Waals surface area (Å²) < 4.78 is 16.4. The fraction of sp³-hybridized carbons (Fsp3) is 0.500. The SMILES string of the molecule is Cc1nccn1CC1CCN(C(=O)[C@@H](c2ccccc2F)N(C)C)CC1. The molecule has 6 heteroatoms. The lowest BCUT2D eigenvalue weighted by Crippen LogP contribution is -2.45. The number of likely N-dealkylation sites (N-methyl/N-ethyl adjacent to an activating group) is 1. The molecule has 0 spiro atoms. The van der Waals surface area contributed by atoms with Crippen molar-refractivity contribution in [2.24, 2.45) is 5.92 Å². The number of aromatic nitrogens is 2. The molecule has 26 heavy (non-hydrogen) atoms. The third-order valence-corrected chi connectivity index (χ3v) is 5.25. The molecule has 0 radical (unpaired) electrons. The molecule has 140 valence electrons. The van der Waals surface area contributed by atoms with E-state index >= 15 is 0 Å². The number of piperidine rings is 1. The van der Waals surface area contributed by atoms with Crippen LogP contribution >= 0.6 is 0 Å². The highest BCUT2D eigenvalue weighted by atomic mass is 19.1. The minimum absolute atomic E-state index is 0.0163. The van der Waals surface area contributed by atoms with Crippen LogP contribution in [-0.4, -0.2) is 52.4 Å². The van der Waals surface area contributed by atoms with Crippen LogP contribution in [0.15, 0.2) is 36.7 Å². The molecule has 0 aliphatic carbocycles. The van der Waals surface area contributed by atoms with E-state index in [0.29, 0.717) is 11.5 Å². The second kappa shape index (κ2) is 7.99. The van der Waals surface area contributed by atoms with Crippen LogP contribution in [0.25, 0.3) is 0 Å². The van der Waals surface area contributed by atoms with Crippen molar-refractivity contribution in [3.05, 3.63) is 53.9 Å². The van der Waals surface area contributed by atoms with E-state index in [4.69, 9.17) is 0 Å². The Hall–Kier alpha value is -2.21. The van der Waals surface area contributed by atoms with Gasteiger partial charge in [-0.15, -0.1) is 0 Å². The molecule has 2 aromatic rings. The van der Waals surface area contributed by atoms with Gasteiger partial charge in [-0.2, -0.15) is 0 Å². The molecule has 1 aromatic carbocycles. The first-order valence-electron chi connectivity index (χ1n) is 9.14. The fourth-order valence-corrected chi connectivity index (χ4v) is 3.71. The Balaban J connectivity index is 1.65. The molecule has 1 aliphatic heterocycles. The van der Waals surface area contributed by atoms with E-state index in [1.807, 2.05) is 38.3 Å². The zero-order valence-corrected chi connectivity index (χ0v) is 15.7. The molecule has 1 fully saturated rings. The molecule has 1 atom stereocenters. The van der Waals surface area contributed by atoms with Crippen molar-refractivity contribution in [2.45, 2.75) is 32.4 Å². The van der Waals surface area contributed by atoms with Crippen LogP contribution in [0, 0.1) is 18.7 Å². The highest BCUT2D eigenvalue weighted by Gasteiger charge is 2.32. The van der Waals surface area contributed by atoms with Crippen LogP contribution < -0.4 is 0 Å². The van der Waals surface area contributed by atoms with Crippen molar-refractivity contribution < 1.29 is 9.18 Å². The summed E-state index contributed by atoms with van der Waals surface area (Å²) in [4.78, 5) is 21.0. The van der Waals surface area contributed by atoms with Crippen molar-refractivity contribution >= 4 is 5.91 Å². The van der Waals surface area contributed by atoms with Gasteiger partial charge in [-0.25, -0.2) is 9.37 Å². The molecular weight excluding hydrogens is 331 g/mol. The number of likely N-dealkylation sites (tertiary alicyclic amines) is 1. The maximum atomic E-state index is 14.2. The number of hydrogen-bond acceptors (Lipinski definition) is 3. The van der Waals surface area contributed by atoms with Gasteiger partial charge in [0.15, 0.2) is 0 Å². The Labute approximate surface area is 154 Å². The molecule has 5 nitrogen and oxygen atoms in total. The number of amides is 1. The quantitative estimate of drug-likeness (QED) is 0.825. The van der Waals surface area contributed by atoms with Gasteiger partial charge in [0.2, 0.25) is 5.91 Å². The lowest BCUT2D eigenvalue weighted by atomic mass is 9.95. The number of imidazole rings is 1. The lowest BCUT2D eigenvalue weighted by Gasteiger charge is -2.36. The normalized spacial score (nSPS) is 16.9. The zero-order valence-electron chi connectivity index (χ0n) is 15.7. The summed E-state index contributed by atoms with van der Waals surface area (Å²) in [6.07, 6.45) is 5.75. The number of hydrogen-bond donors (Lipinski definition) is 0. The van der Waals surface area contributed by atoms with Gasteiger partial charge in [0, 0.05) is 37.6 Å². The summed E-state index contributed by atoms with van der Waals surface area (Å²) in [6, 6.07) is 5.97. The zero-order chi connectivity index (χ0) is 18.7. The molecule has 2 heterocycles. The summed E-state index contributed by atoms with van der Waals surface area (Å²) in [5.74, 6) is 1.22. The first-order chi connectivity index (χ1) is 12.5. The molecule has 1 amide bonds. The van der Waals surface area contributed by atoms with Crippen molar-refractivity contribution in [3.63, 3.8) is 0 Å². The number of nitrogens with zero attached hydrogens (tertiary/aromatic N) is 4. The molecular formula is C20H27FN4O. The smallest absolute Gasteiger partial charge is 0.244 e. The van der Waals surface area contributed by atoms with Crippen molar-refractivity contribution in [2.75, 3.05) is 27.2 Å². The number of rotatable bonds is 5. The van der Waals surface area contributed by atoms with Gasteiger partial charge in [0.1, 0.15) is 17.7 Å². The predicted octanol–water partition coefficient (Wildman–Crippen LogP) is 2.87. The van der Waals surface area contributed by atoms with Crippen LogP contribution in [0.2, 0.25) is 0 Å². The van der Waals surface area contributed by atoms with Crippen molar-refractivity contribution in [1.82, 2.24) is 19.4 Å². The molecule has 1 aliphatic rings. The number of benzene rings is 1. The summed E-state index contributed by atoms with van der Waals surface area (Å²) >= 11 is 0. The average Bonchev–Trinajstić information content (AvgIpc) is 3.02. The first-order valence-corrected chi connectivity index (χ1v) is 9.14. The fourth-order valence-electron chi connectivity index (χ4n) is 3.71. The number of halogens is 1. The number of aryl methyl sites for hydroxylation is 1. The summed E-state index contributed by atoms with van der Waals surface area (Å²) in [7, 11) is 3.65. The van der Waals surface area contributed by atoms with Gasteiger partial charge in [-0.3, -0.25) is 9.69 Å². The maximum Gasteiger partial charge on any atom is 0.244 e. The predicted molar refractivity (Wildman–Crippen MR) is 99.1 cm³/mol. The minimum Gasteiger partial charge on any atom is -0.341 e. The standard InChI is InChI=1S/C20H27FN4O/c1-15-22-10-13-25(15)14-16-8-11-24(12-9-16)20(26)19(23(2)3)17-6-4-5-7-18(17)21/h4-7,10,13,16,19H,8-9,11-12,14H2,1-3H3/t19-/m1/s1. The van der Waals surface area contributed by atoms with Gasteiger partial charge in [-0.05, 0) is 45.8 Å². The Morgan fingerprint density at radius 3 is 2.58 bits per heavy atom. The van der Waals surface area contributed by atoms with E-state index in [1.165, 1.54) is 6.07 Å². The van der Waals surface area contributed by atoms with E-state index < -0.39 is 6.04 Å². The third kappa shape index (κ3) is 3.96. The van der Waals surface area contributed by atoms with Crippen LogP contribution in [0.4, 0.5) is 4.39 Å². The number of carbonyl (C=O) groups excluding carboxylic acids is 1. The molecule has 3 rings (SSSR count). The molecule has 1 saturated heterocycles. The van der Waals surface area contributed by atoms with Crippen LogP contribution in [0.1, 0.15) is 30.3 Å². The molecule has 0 bridgehead atoms. The Morgan fingerprint density at radius 1 is 1.31 bits per heavy atom. The van der Waals surface area contributed by atoms with Crippen LogP contribution in [0.5, 0.6) is 0 Å². The summed E-state index contributed by atoms with van der Waals surface area (Å²) in [5.41, 5.74) is 0.443. The monoisotopic (exact) mass is 358 g/mol. The van der Waals surface area contributed by atoms with Gasteiger partial charge < -0.3 is 9.47 Å². The van der Waals surface area contributed by atoms with E-state index in [-0.39, 0.29) is 11.7 Å². The largest absolute Gasteiger partial charge is 0.341 e. The van der Waals surface area contributed by atoms with Crippen LogP contribution in [-0.2, 0) is 11.3 Å². The van der Waals surface area contributed by atoms with E-state index in [0.717, 1.165) is 38.3 Å². The summed E-state index contributed by atoms with van der Waals surface area (Å²) in [6.45, 7) is 4.39.